The van der Waals surface area contributed by atoms with Gasteiger partial charge >= 0.3 is 11.7 Å². The molecule has 0 aliphatic carbocycles. The summed E-state index contributed by atoms with van der Waals surface area (Å²) in [7, 11) is 0. The fourth-order valence-electron chi connectivity index (χ4n) is 2.44. The standard InChI is InChI=1S/C19H24Br2N4O4/c1-18(2,3)14(21)16(27)23-15-13-11(7-10(20)8-22-13)25(17(28)24-15)9-12(26)29-19(4,5)6/h7-8,14H,9H2,1-6H3,(H,23,24,27,28). The van der Waals surface area contributed by atoms with Gasteiger partial charge in [-0.1, -0.05) is 36.7 Å². The van der Waals surface area contributed by atoms with E-state index in [1.807, 2.05) is 20.8 Å². The first kappa shape index (κ1) is 23.5. The maximum Gasteiger partial charge on any atom is 0.350 e. The molecule has 158 valence electrons. The van der Waals surface area contributed by atoms with Gasteiger partial charge in [0, 0.05) is 10.7 Å². The summed E-state index contributed by atoms with van der Waals surface area (Å²) in [6.07, 6.45) is 1.53. The van der Waals surface area contributed by atoms with Crippen molar-refractivity contribution in [1.82, 2.24) is 14.5 Å². The van der Waals surface area contributed by atoms with Crippen LogP contribution in [0.5, 0.6) is 0 Å². The van der Waals surface area contributed by atoms with Gasteiger partial charge in [0.2, 0.25) is 5.91 Å². The molecule has 1 amide bonds. The Balaban J connectivity index is 2.50. The lowest BCUT2D eigenvalue weighted by atomic mass is 9.92. The van der Waals surface area contributed by atoms with Crippen molar-refractivity contribution >= 4 is 60.6 Å². The van der Waals surface area contributed by atoms with Crippen molar-refractivity contribution in [3.63, 3.8) is 0 Å². The number of amides is 1. The second kappa shape index (κ2) is 8.51. The fraction of sp³-hybridized carbons (Fsp3) is 0.526. The molecule has 0 aromatic carbocycles. The third-order valence-corrected chi connectivity index (χ3v) is 5.95. The number of fused-ring (bicyclic) bond motifs is 1. The van der Waals surface area contributed by atoms with Crippen molar-refractivity contribution in [2.45, 2.75) is 58.5 Å². The molecule has 0 aliphatic rings. The van der Waals surface area contributed by atoms with Crippen LogP contribution >= 0.6 is 31.9 Å². The van der Waals surface area contributed by atoms with Crippen molar-refractivity contribution in [3.05, 3.63) is 27.2 Å². The average molecular weight is 532 g/mol. The Morgan fingerprint density at radius 2 is 1.86 bits per heavy atom. The number of anilines is 1. The molecule has 1 N–H and O–H groups in total. The van der Waals surface area contributed by atoms with Gasteiger partial charge in [-0.25, -0.2) is 9.78 Å². The number of alkyl halides is 1. The number of carbonyl (C=O) groups excluding carboxylic acids is 2. The summed E-state index contributed by atoms with van der Waals surface area (Å²) in [6.45, 7) is 10.6. The molecule has 0 bridgehead atoms. The number of halogens is 2. The van der Waals surface area contributed by atoms with E-state index in [-0.39, 0.29) is 23.7 Å². The predicted octanol–water partition coefficient (Wildman–Crippen LogP) is 3.64. The Hall–Kier alpha value is -1.81. The maximum atomic E-state index is 12.7. The number of carbonyl (C=O) groups is 2. The van der Waals surface area contributed by atoms with Crippen LogP contribution in [0, 0.1) is 5.41 Å². The topological polar surface area (TPSA) is 103 Å². The molecule has 0 saturated carbocycles. The van der Waals surface area contributed by atoms with E-state index >= 15 is 0 Å². The van der Waals surface area contributed by atoms with Crippen LogP contribution in [-0.2, 0) is 20.9 Å². The number of pyridine rings is 1. The van der Waals surface area contributed by atoms with Crippen LogP contribution in [-0.4, -0.2) is 36.8 Å². The Morgan fingerprint density at radius 1 is 1.24 bits per heavy atom. The first-order chi connectivity index (χ1) is 13.2. The van der Waals surface area contributed by atoms with Crippen LogP contribution in [0.2, 0.25) is 0 Å². The third kappa shape index (κ3) is 6.08. The number of hydrogen-bond acceptors (Lipinski definition) is 6. The predicted molar refractivity (Wildman–Crippen MR) is 118 cm³/mol. The molecule has 1 unspecified atom stereocenters. The van der Waals surface area contributed by atoms with Gasteiger partial charge in [-0.15, -0.1) is 0 Å². The summed E-state index contributed by atoms with van der Waals surface area (Å²) >= 11 is 6.70. The Kier molecular flexibility index (Phi) is 6.89. The van der Waals surface area contributed by atoms with Crippen molar-refractivity contribution in [3.8, 4) is 0 Å². The second-order valence-electron chi connectivity index (χ2n) is 8.65. The van der Waals surface area contributed by atoms with Crippen LogP contribution in [0.3, 0.4) is 0 Å². The van der Waals surface area contributed by atoms with Gasteiger partial charge in [0.15, 0.2) is 5.82 Å². The smallest absolute Gasteiger partial charge is 0.350 e. The van der Waals surface area contributed by atoms with Gasteiger partial charge in [-0.2, -0.15) is 4.98 Å². The average Bonchev–Trinajstić information content (AvgIpc) is 2.54. The molecule has 1 atom stereocenters. The zero-order chi connectivity index (χ0) is 22.1. The van der Waals surface area contributed by atoms with Gasteiger partial charge < -0.3 is 10.1 Å². The molecule has 10 heteroatoms. The van der Waals surface area contributed by atoms with E-state index in [0.717, 1.165) is 0 Å². The molecule has 2 rings (SSSR count). The summed E-state index contributed by atoms with van der Waals surface area (Å²) in [4.78, 5) is 45.2. The number of rotatable bonds is 4. The number of ether oxygens (including phenoxy) is 1. The number of hydrogen-bond donors (Lipinski definition) is 1. The lowest BCUT2D eigenvalue weighted by Gasteiger charge is -2.24. The molecule has 0 aliphatic heterocycles. The SMILES string of the molecule is CC(C)(C)OC(=O)Cn1c(=O)nc(NC(=O)C(Br)C(C)(C)C)c2ncc(Br)cc21. The van der Waals surface area contributed by atoms with E-state index < -0.39 is 22.1 Å². The normalized spacial score (nSPS) is 13.2. The van der Waals surface area contributed by atoms with E-state index in [9.17, 15) is 14.4 Å². The summed E-state index contributed by atoms with van der Waals surface area (Å²) in [5.41, 5.74) is -1.09. The highest BCUT2D eigenvalue weighted by Gasteiger charge is 2.30. The minimum absolute atomic E-state index is 0.0386. The highest BCUT2D eigenvalue weighted by atomic mass is 79.9. The van der Waals surface area contributed by atoms with Gasteiger partial charge in [-0.05, 0) is 48.2 Å². The lowest BCUT2D eigenvalue weighted by molar-refractivity contribution is -0.155. The number of aromatic nitrogens is 3. The minimum Gasteiger partial charge on any atom is -0.459 e. The zero-order valence-corrected chi connectivity index (χ0v) is 20.3. The Labute approximate surface area is 185 Å². The lowest BCUT2D eigenvalue weighted by Crippen LogP contribution is -2.36. The van der Waals surface area contributed by atoms with Crippen LogP contribution in [0.4, 0.5) is 5.82 Å². The number of nitrogens with one attached hydrogen (secondary N) is 1. The van der Waals surface area contributed by atoms with E-state index in [1.54, 1.807) is 26.8 Å². The van der Waals surface area contributed by atoms with E-state index in [4.69, 9.17) is 4.74 Å². The monoisotopic (exact) mass is 530 g/mol. The third-order valence-electron chi connectivity index (χ3n) is 3.73. The summed E-state index contributed by atoms with van der Waals surface area (Å²) in [5.74, 6) is -0.885. The van der Waals surface area contributed by atoms with Gasteiger partial charge in [0.05, 0.1) is 10.3 Å². The van der Waals surface area contributed by atoms with Crippen molar-refractivity contribution in [1.29, 1.82) is 0 Å². The van der Waals surface area contributed by atoms with Gasteiger partial charge in [-0.3, -0.25) is 14.2 Å². The molecule has 2 heterocycles. The fourth-order valence-corrected chi connectivity index (χ4v) is 2.88. The van der Waals surface area contributed by atoms with Crippen molar-refractivity contribution in [2.75, 3.05) is 5.32 Å². The number of esters is 1. The summed E-state index contributed by atoms with van der Waals surface area (Å²) in [5, 5.41) is 2.67. The Bertz CT molecular complexity index is 1010. The molecule has 29 heavy (non-hydrogen) atoms. The van der Waals surface area contributed by atoms with Crippen LogP contribution in [0.25, 0.3) is 11.0 Å². The van der Waals surface area contributed by atoms with Crippen LogP contribution in [0.1, 0.15) is 41.5 Å². The summed E-state index contributed by atoms with van der Waals surface area (Å²) < 4.78 is 7.09. The first-order valence-electron chi connectivity index (χ1n) is 8.92. The highest BCUT2D eigenvalue weighted by molar-refractivity contribution is 9.10. The molecular formula is C19H24Br2N4O4. The highest BCUT2D eigenvalue weighted by Crippen LogP contribution is 2.28. The van der Waals surface area contributed by atoms with Crippen LogP contribution < -0.4 is 11.0 Å². The van der Waals surface area contributed by atoms with E-state index in [2.05, 4.69) is 47.1 Å². The first-order valence-corrected chi connectivity index (χ1v) is 10.6. The van der Waals surface area contributed by atoms with Gasteiger partial charge in [0.1, 0.15) is 17.7 Å². The maximum absolute atomic E-state index is 12.7. The molecular weight excluding hydrogens is 508 g/mol. The van der Waals surface area contributed by atoms with Crippen molar-refractivity contribution in [2.24, 2.45) is 5.41 Å². The van der Waals surface area contributed by atoms with Crippen molar-refractivity contribution < 1.29 is 14.3 Å². The second-order valence-corrected chi connectivity index (χ2v) is 10.5. The van der Waals surface area contributed by atoms with E-state index in [0.29, 0.717) is 15.5 Å². The molecule has 8 nitrogen and oxygen atoms in total. The molecule has 0 saturated heterocycles. The van der Waals surface area contributed by atoms with E-state index in [1.165, 1.54) is 10.8 Å². The van der Waals surface area contributed by atoms with Gasteiger partial charge in [0.25, 0.3) is 0 Å². The molecule has 0 radical (unpaired) electrons. The molecule has 0 spiro atoms. The minimum atomic E-state index is -0.694. The number of nitrogens with zero attached hydrogens (tertiary/aromatic N) is 3. The van der Waals surface area contributed by atoms with Crippen LogP contribution in [0.15, 0.2) is 21.5 Å². The Morgan fingerprint density at radius 3 is 2.41 bits per heavy atom. The quantitative estimate of drug-likeness (QED) is 0.477. The molecule has 2 aromatic rings. The zero-order valence-electron chi connectivity index (χ0n) is 17.2. The largest absolute Gasteiger partial charge is 0.459 e. The molecule has 0 fully saturated rings. The molecule has 2 aromatic heterocycles. The summed E-state index contributed by atoms with van der Waals surface area (Å²) in [6, 6.07) is 1.64.